The van der Waals surface area contributed by atoms with E-state index in [0.29, 0.717) is 0 Å². The lowest BCUT2D eigenvalue weighted by atomic mass is 10.4. The SMILES string of the molecule is O=S([O-])c1cccc(S(=O)(=O)O)c1. The lowest BCUT2D eigenvalue weighted by molar-refractivity contribution is 0.483. The van der Waals surface area contributed by atoms with Gasteiger partial charge in [0.25, 0.3) is 10.1 Å². The molecule has 0 aromatic heterocycles. The van der Waals surface area contributed by atoms with Crippen molar-refractivity contribution in [3.8, 4) is 0 Å². The number of hydrogen-bond acceptors (Lipinski definition) is 4. The Hall–Kier alpha value is -0.760. The van der Waals surface area contributed by atoms with Gasteiger partial charge in [-0.3, -0.25) is 8.76 Å². The minimum absolute atomic E-state index is 0.185. The van der Waals surface area contributed by atoms with Crippen LogP contribution in [0.3, 0.4) is 0 Å². The van der Waals surface area contributed by atoms with Crippen LogP contribution in [0.1, 0.15) is 0 Å². The molecule has 0 radical (unpaired) electrons. The highest BCUT2D eigenvalue weighted by Gasteiger charge is 2.09. The highest BCUT2D eigenvalue weighted by atomic mass is 32.2. The van der Waals surface area contributed by atoms with Crippen LogP contribution < -0.4 is 0 Å². The van der Waals surface area contributed by atoms with E-state index in [4.69, 9.17) is 4.55 Å². The summed E-state index contributed by atoms with van der Waals surface area (Å²) < 4.78 is 50.5. The Bertz CT molecular complexity index is 436. The van der Waals surface area contributed by atoms with Crippen molar-refractivity contribution in [2.24, 2.45) is 0 Å². The monoisotopic (exact) mass is 221 g/mol. The first-order chi connectivity index (χ1) is 5.91. The summed E-state index contributed by atoms with van der Waals surface area (Å²) in [5, 5.41) is 0. The predicted molar refractivity (Wildman–Crippen MR) is 43.4 cm³/mol. The smallest absolute Gasteiger partial charge is 0.294 e. The zero-order chi connectivity index (χ0) is 10.1. The lowest BCUT2D eigenvalue weighted by Gasteiger charge is -2.05. The van der Waals surface area contributed by atoms with Crippen molar-refractivity contribution in [3.05, 3.63) is 24.3 Å². The molecule has 5 nitrogen and oxygen atoms in total. The lowest BCUT2D eigenvalue weighted by Crippen LogP contribution is -1.99. The molecule has 1 atom stereocenters. The molecule has 0 bridgehead atoms. The van der Waals surface area contributed by atoms with E-state index >= 15 is 0 Å². The van der Waals surface area contributed by atoms with Crippen molar-refractivity contribution in [2.45, 2.75) is 9.79 Å². The molecule has 0 aliphatic rings. The van der Waals surface area contributed by atoms with Crippen LogP contribution in [0.4, 0.5) is 0 Å². The molecule has 1 N–H and O–H groups in total. The van der Waals surface area contributed by atoms with E-state index in [2.05, 4.69) is 0 Å². The number of benzene rings is 1. The van der Waals surface area contributed by atoms with E-state index in [1.54, 1.807) is 0 Å². The third-order valence-corrected chi connectivity index (χ3v) is 2.78. The van der Waals surface area contributed by atoms with Crippen molar-refractivity contribution >= 4 is 21.2 Å². The van der Waals surface area contributed by atoms with E-state index in [9.17, 15) is 17.2 Å². The minimum atomic E-state index is -4.33. The first-order valence-electron chi connectivity index (χ1n) is 3.08. The van der Waals surface area contributed by atoms with Crippen LogP contribution in [0.5, 0.6) is 0 Å². The summed E-state index contributed by atoms with van der Waals surface area (Å²) in [7, 11) is -4.33. The van der Waals surface area contributed by atoms with Crippen LogP contribution in [0.2, 0.25) is 0 Å². The zero-order valence-corrected chi connectivity index (χ0v) is 7.84. The molecule has 1 aromatic carbocycles. The normalized spacial score (nSPS) is 14.0. The molecule has 1 rings (SSSR count). The van der Waals surface area contributed by atoms with E-state index < -0.39 is 26.1 Å². The maximum Gasteiger partial charge on any atom is 0.294 e. The van der Waals surface area contributed by atoms with Crippen molar-refractivity contribution < 1.29 is 21.7 Å². The molecule has 0 spiro atoms. The van der Waals surface area contributed by atoms with Gasteiger partial charge in [0.1, 0.15) is 0 Å². The first kappa shape index (κ1) is 10.3. The van der Waals surface area contributed by atoms with Gasteiger partial charge >= 0.3 is 0 Å². The van der Waals surface area contributed by atoms with Crippen LogP contribution in [-0.4, -0.2) is 21.7 Å². The van der Waals surface area contributed by atoms with Gasteiger partial charge in [0.05, 0.1) is 4.90 Å². The molecule has 0 fully saturated rings. The Kier molecular flexibility index (Phi) is 2.81. The zero-order valence-electron chi connectivity index (χ0n) is 6.21. The topological polar surface area (TPSA) is 94.5 Å². The second kappa shape index (κ2) is 3.54. The van der Waals surface area contributed by atoms with Crippen LogP contribution in [0.25, 0.3) is 0 Å². The molecule has 13 heavy (non-hydrogen) atoms. The van der Waals surface area contributed by atoms with Gasteiger partial charge in [0.15, 0.2) is 0 Å². The number of hydrogen-bond donors (Lipinski definition) is 1. The van der Waals surface area contributed by atoms with Gasteiger partial charge in [-0.2, -0.15) is 8.42 Å². The molecule has 1 unspecified atom stereocenters. The third kappa shape index (κ3) is 2.59. The van der Waals surface area contributed by atoms with Crippen molar-refractivity contribution in [1.82, 2.24) is 0 Å². The van der Waals surface area contributed by atoms with E-state index in [-0.39, 0.29) is 4.90 Å². The van der Waals surface area contributed by atoms with Gasteiger partial charge in [0.2, 0.25) is 0 Å². The van der Waals surface area contributed by atoms with E-state index in [0.717, 1.165) is 12.1 Å². The van der Waals surface area contributed by atoms with Crippen molar-refractivity contribution in [3.63, 3.8) is 0 Å². The molecular formula is C6H5O5S2-. The molecule has 0 aliphatic heterocycles. The van der Waals surface area contributed by atoms with Crippen LogP contribution in [0, 0.1) is 0 Å². The van der Waals surface area contributed by atoms with Crippen LogP contribution >= 0.6 is 0 Å². The molecular weight excluding hydrogens is 216 g/mol. The minimum Gasteiger partial charge on any atom is -0.768 e. The summed E-state index contributed by atoms with van der Waals surface area (Å²) >= 11 is -2.50. The average molecular weight is 221 g/mol. The Morgan fingerprint density at radius 3 is 2.46 bits per heavy atom. The molecule has 0 aliphatic carbocycles. The summed E-state index contributed by atoms with van der Waals surface area (Å²) in [5.41, 5.74) is 0. The van der Waals surface area contributed by atoms with Gasteiger partial charge in [0, 0.05) is 4.90 Å². The summed E-state index contributed by atoms with van der Waals surface area (Å²) in [4.78, 5) is -0.621. The quantitative estimate of drug-likeness (QED) is 0.567. The highest BCUT2D eigenvalue weighted by molar-refractivity contribution is 7.86. The maximum absolute atomic E-state index is 10.6. The Morgan fingerprint density at radius 1 is 1.38 bits per heavy atom. The van der Waals surface area contributed by atoms with Gasteiger partial charge in [-0.1, -0.05) is 6.07 Å². The highest BCUT2D eigenvalue weighted by Crippen LogP contribution is 2.12. The predicted octanol–water partition coefficient (Wildman–Crippen LogP) is 0.171. The molecule has 0 saturated heterocycles. The first-order valence-corrected chi connectivity index (χ1v) is 5.59. The Morgan fingerprint density at radius 2 is 2.00 bits per heavy atom. The summed E-state index contributed by atoms with van der Waals surface area (Å²) in [6, 6.07) is 4.43. The Labute approximate surface area is 77.4 Å². The molecule has 0 amide bonds. The summed E-state index contributed by atoms with van der Waals surface area (Å²) in [5.74, 6) is 0. The molecule has 0 heterocycles. The fourth-order valence-corrected chi connectivity index (χ4v) is 1.75. The largest absolute Gasteiger partial charge is 0.768 e. The van der Waals surface area contributed by atoms with Crippen molar-refractivity contribution in [1.29, 1.82) is 0 Å². The number of rotatable bonds is 2. The van der Waals surface area contributed by atoms with Gasteiger partial charge in [-0.25, -0.2) is 0 Å². The second-order valence-corrected chi connectivity index (χ2v) is 4.55. The fourth-order valence-electron chi connectivity index (χ4n) is 0.738. The summed E-state index contributed by atoms with van der Waals surface area (Å²) in [6.45, 7) is 0. The molecule has 0 saturated carbocycles. The standard InChI is InChI=1S/C6H6O5S2/c7-12(8)5-2-1-3-6(4-5)13(9,10)11/h1-4H,(H,7,8)(H,9,10,11)/p-1. The Balaban J connectivity index is 3.29. The fraction of sp³-hybridized carbons (Fsp3) is 0. The van der Waals surface area contributed by atoms with Crippen molar-refractivity contribution in [2.75, 3.05) is 0 Å². The van der Waals surface area contributed by atoms with E-state index in [1.165, 1.54) is 12.1 Å². The van der Waals surface area contributed by atoms with E-state index in [1.807, 2.05) is 0 Å². The average Bonchev–Trinajstić information content (AvgIpc) is 2.03. The van der Waals surface area contributed by atoms with Gasteiger partial charge in [-0.05, 0) is 29.3 Å². The van der Waals surface area contributed by atoms with Gasteiger partial charge in [-0.15, -0.1) is 0 Å². The molecule has 7 heteroatoms. The van der Waals surface area contributed by atoms with Crippen LogP contribution in [0.15, 0.2) is 34.1 Å². The second-order valence-electron chi connectivity index (χ2n) is 2.18. The van der Waals surface area contributed by atoms with Gasteiger partial charge < -0.3 is 4.55 Å². The summed E-state index contributed by atoms with van der Waals surface area (Å²) in [6.07, 6.45) is 0. The molecule has 1 aromatic rings. The third-order valence-electron chi connectivity index (χ3n) is 1.30. The maximum atomic E-state index is 10.6. The molecule has 72 valence electrons. The van der Waals surface area contributed by atoms with Crippen LogP contribution in [-0.2, 0) is 21.2 Å².